The number of nitro benzene ring substituents is 1. The van der Waals surface area contributed by atoms with E-state index in [2.05, 4.69) is 15.6 Å². The van der Waals surface area contributed by atoms with Gasteiger partial charge in [-0.15, -0.1) is 11.3 Å². The lowest BCUT2D eigenvalue weighted by Gasteiger charge is -2.08. The zero-order valence-corrected chi connectivity index (χ0v) is 15.5. The molecule has 27 heavy (non-hydrogen) atoms. The molecule has 138 valence electrons. The average Bonchev–Trinajstić information content (AvgIpc) is 3.17. The number of nitrogens with zero attached hydrogens (tertiary/aromatic N) is 2. The van der Waals surface area contributed by atoms with Crippen LogP contribution in [-0.4, -0.2) is 29.4 Å². The molecule has 1 aromatic heterocycles. The summed E-state index contributed by atoms with van der Waals surface area (Å²) in [6.45, 7) is 0.498. The predicted octanol–water partition coefficient (Wildman–Crippen LogP) is 3.73. The fourth-order valence-corrected chi connectivity index (χ4v) is 3.44. The third-order valence-corrected chi connectivity index (χ3v) is 4.89. The van der Waals surface area contributed by atoms with Crippen LogP contribution in [0.2, 0.25) is 0 Å². The molecule has 1 heterocycles. The highest BCUT2D eigenvalue weighted by Crippen LogP contribution is 2.26. The molecule has 0 aliphatic heterocycles. The van der Waals surface area contributed by atoms with Gasteiger partial charge in [0.25, 0.3) is 11.6 Å². The number of amides is 1. The van der Waals surface area contributed by atoms with Crippen molar-refractivity contribution in [3.05, 3.63) is 75.3 Å². The number of benzene rings is 2. The van der Waals surface area contributed by atoms with E-state index < -0.39 is 4.92 Å². The Labute approximate surface area is 160 Å². The van der Waals surface area contributed by atoms with Gasteiger partial charge < -0.3 is 10.6 Å². The molecule has 3 aromatic rings. The van der Waals surface area contributed by atoms with E-state index in [0.717, 1.165) is 16.3 Å². The maximum Gasteiger partial charge on any atom is 0.293 e. The maximum absolute atomic E-state index is 11.7. The smallest absolute Gasteiger partial charge is 0.293 e. The third kappa shape index (κ3) is 4.48. The minimum absolute atomic E-state index is 0.126. The lowest BCUT2D eigenvalue weighted by Crippen LogP contribution is -2.18. The normalized spacial score (nSPS) is 10.4. The van der Waals surface area contributed by atoms with Gasteiger partial charge in [-0.2, -0.15) is 0 Å². The van der Waals surface area contributed by atoms with Gasteiger partial charge in [0, 0.05) is 42.6 Å². The first-order chi connectivity index (χ1) is 13.1. The molecule has 0 atom stereocenters. The summed E-state index contributed by atoms with van der Waals surface area (Å²) in [5, 5.41) is 19.8. The number of hydrogen-bond donors (Lipinski definition) is 2. The molecule has 2 N–H and O–H groups in total. The van der Waals surface area contributed by atoms with Gasteiger partial charge in [-0.25, -0.2) is 4.98 Å². The van der Waals surface area contributed by atoms with E-state index in [1.807, 2.05) is 35.7 Å². The number of carbonyl (C=O) groups excluding carboxylic acids is 1. The summed E-state index contributed by atoms with van der Waals surface area (Å²) in [7, 11) is 1.48. The van der Waals surface area contributed by atoms with E-state index in [1.54, 1.807) is 23.5 Å². The number of hydrogen-bond acceptors (Lipinski definition) is 6. The van der Waals surface area contributed by atoms with Crippen molar-refractivity contribution in [1.29, 1.82) is 0 Å². The summed E-state index contributed by atoms with van der Waals surface area (Å²) < 4.78 is 0. The summed E-state index contributed by atoms with van der Waals surface area (Å²) >= 11 is 1.57. The van der Waals surface area contributed by atoms with Crippen molar-refractivity contribution in [2.45, 2.75) is 6.42 Å². The minimum atomic E-state index is -0.495. The van der Waals surface area contributed by atoms with E-state index >= 15 is 0 Å². The first-order valence-corrected chi connectivity index (χ1v) is 9.20. The van der Waals surface area contributed by atoms with Crippen LogP contribution in [-0.2, 0) is 6.42 Å². The van der Waals surface area contributed by atoms with Gasteiger partial charge in [0.05, 0.1) is 10.6 Å². The molecule has 7 nitrogen and oxygen atoms in total. The minimum Gasteiger partial charge on any atom is -0.379 e. The summed E-state index contributed by atoms with van der Waals surface area (Å²) in [5.41, 5.74) is 2.50. The maximum atomic E-state index is 11.7. The SMILES string of the molecule is CNC(=O)c1ccc(NCCc2csc(-c3ccccc3)n2)c([N+](=O)[O-])c1. The molecule has 0 fully saturated rings. The number of rotatable bonds is 7. The fourth-order valence-electron chi connectivity index (χ4n) is 2.58. The second-order valence-corrected chi connectivity index (χ2v) is 6.61. The van der Waals surface area contributed by atoms with Crippen LogP contribution >= 0.6 is 11.3 Å². The van der Waals surface area contributed by atoms with Crippen molar-refractivity contribution in [2.24, 2.45) is 0 Å². The largest absolute Gasteiger partial charge is 0.379 e. The number of thiazole rings is 1. The van der Waals surface area contributed by atoms with Gasteiger partial charge in [-0.05, 0) is 12.1 Å². The molecule has 0 radical (unpaired) electrons. The highest BCUT2D eigenvalue weighted by Gasteiger charge is 2.17. The van der Waals surface area contributed by atoms with E-state index in [0.29, 0.717) is 18.7 Å². The van der Waals surface area contributed by atoms with Crippen LogP contribution in [0.1, 0.15) is 16.1 Å². The molecule has 8 heteroatoms. The fraction of sp³-hybridized carbons (Fsp3) is 0.158. The predicted molar refractivity (Wildman–Crippen MR) is 106 cm³/mol. The quantitative estimate of drug-likeness (QED) is 0.479. The standard InChI is InChI=1S/C19H18N4O3S/c1-20-18(24)14-7-8-16(17(11-14)23(25)26)21-10-9-15-12-27-19(22-15)13-5-3-2-4-6-13/h2-8,11-12,21H,9-10H2,1H3,(H,20,24). The Hall–Kier alpha value is -3.26. The molecule has 1 amide bonds. The zero-order valence-electron chi connectivity index (χ0n) is 14.6. The Morgan fingerprint density at radius 1 is 1.22 bits per heavy atom. The summed E-state index contributed by atoms with van der Waals surface area (Å²) in [5.74, 6) is -0.361. The number of carbonyl (C=O) groups is 1. The second kappa shape index (κ2) is 8.41. The van der Waals surface area contributed by atoms with Gasteiger partial charge >= 0.3 is 0 Å². The Balaban J connectivity index is 1.66. The number of anilines is 1. The second-order valence-electron chi connectivity index (χ2n) is 5.75. The topological polar surface area (TPSA) is 97.2 Å². The van der Waals surface area contributed by atoms with Crippen molar-refractivity contribution in [3.63, 3.8) is 0 Å². The highest BCUT2D eigenvalue weighted by atomic mass is 32.1. The van der Waals surface area contributed by atoms with E-state index in [-0.39, 0.29) is 17.2 Å². The van der Waals surface area contributed by atoms with E-state index in [9.17, 15) is 14.9 Å². The molecule has 0 aliphatic rings. The highest BCUT2D eigenvalue weighted by molar-refractivity contribution is 7.13. The van der Waals surface area contributed by atoms with E-state index in [4.69, 9.17) is 0 Å². The van der Waals surface area contributed by atoms with Crippen molar-refractivity contribution in [2.75, 3.05) is 18.9 Å². The lowest BCUT2D eigenvalue weighted by molar-refractivity contribution is -0.384. The number of nitrogens with one attached hydrogen (secondary N) is 2. The van der Waals surface area contributed by atoms with Crippen LogP contribution < -0.4 is 10.6 Å². The Morgan fingerprint density at radius 3 is 2.70 bits per heavy atom. The molecule has 2 aromatic carbocycles. The molecule has 0 spiro atoms. The van der Waals surface area contributed by atoms with Crippen LogP contribution in [0, 0.1) is 10.1 Å². The van der Waals surface area contributed by atoms with Crippen molar-refractivity contribution in [1.82, 2.24) is 10.3 Å². The Bertz CT molecular complexity index is 957. The van der Waals surface area contributed by atoms with Gasteiger partial charge in [0.1, 0.15) is 10.7 Å². The number of nitro groups is 1. The molecule has 0 bridgehead atoms. The lowest BCUT2D eigenvalue weighted by atomic mass is 10.1. The van der Waals surface area contributed by atoms with Gasteiger partial charge in [0.15, 0.2) is 0 Å². The zero-order chi connectivity index (χ0) is 19.2. The van der Waals surface area contributed by atoms with Crippen LogP contribution in [0.5, 0.6) is 0 Å². The van der Waals surface area contributed by atoms with Crippen LogP contribution in [0.15, 0.2) is 53.9 Å². The van der Waals surface area contributed by atoms with Gasteiger partial charge in [-0.3, -0.25) is 14.9 Å². The molecular weight excluding hydrogens is 364 g/mol. The third-order valence-electron chi connectivity index (χ3n) is 3.95. The summed E-state index contributed by atoms with van der Waals surface area (Å²) in [6.07, 6.45) is 0.637. The van der Waals surface area contributed by atoms with Gasteiger partial charge in [-0.1, -0.05) is 30.3 Å². The van der Waals surface area contributed by atoms with Crippen LogP contribution in [0.3, 0.4) is 0 Å². The Morgan fingerprint density at radius 2 is 2.00 bits per heavy atom. The Kier molecular flexibility index (Phi) is 5.77. The van der Waals surface area contributed by atoms with E-state index in [1.165, 1.54) is 13.1 Å². The van der Waals surface area contributed by atoms with Crippen LogP contribution in [0.25, 0.3) is 10.6 Å². The molecular formula is C19H18N4O3S. The van der Waals surface area contributed by atoms with Crippen molar-refractivity contribution < 1.29 is 9.72 Å². The first-order valence-electron chi connectivity index (χ1n) is 8.32. The summed E-state index contributed by atoms with van der Waals surface area (Å²) in [4.78, 5) is 27.1. The van der Waals surface area contributed by atoms with Crippen molar-refractivity contribution in [3.8, 4) is 10.6 Å². The number of aromatic nitrogens is 1. The average molecular weight is 382 g/mol. The molecule has 0 saturated carbocycles. The summed E-state index contributed by atoms with van der Waals surface area (Å²) in [6, 6.07) is 14.3. The van der Waals surface area contributed by atoms with Gasteiger partial charge in [0.2, 0.25) is 0 Å². The van der Waals surface area contributed by atoms with Crippen molar-refractivity contribution >= 4 is 28.6 Å². The monoisotopic (exact) mass is 382 g/mol. The molecule has 0 aliphatic carbocycles. The molecule has 0 saturated heterocycles. The first kappa shape index (κ1) is 18.5. The molecule has 3 rings (SSSR count). The molecule has 0 unspecified atom stereocenters. The van der Waals surface area contributed by atoms with Crippen LogP contribution in [0.4, 0.5) is 11.4 Å².